The molecule has 6 nitrogen and oxygen atoms in total. The number of rotatable bonds is 5. The minimum absolute atomic E-state index is 0.0226. The Morgan fingerprint density at radius 3 is 2.42 bits per heavy atom. The van der Waals surface area contributed by atoms with E-state index in [-0.39, 0.29) is 23.5 Å². The molecule has 1 saturated heterocycles. The second-order valence-corrected chi connectivity index (χ2v) is 8.32. The molecule has 1 amide bonds. The van der Waals surface area contributed by atoms with E-state index in [0.29, 0.717) is 18.5 Å². The number of carbonyl (C=O) groups excluding carboxylic acids is 2. The number of hydrogen-bond donors (Lipinski definition) is 0. The molecule has 0 N–H and O–H groups in total. The van der Waals surface area contributed by atoms with Crippen molar-refractivity contribution in [1.29, 1.82) is 0 Å². The van der Waals surface area contributed by atoms with E-state index in [4.69, 9.17) is 4.74 Å². The first-order valence-electron chi connectivity index (χ1n) is 8.02. The molecule has 1 aliphatic rings. The minimum Gasteiger partial charge on any atom is -0.449 e. The van der Waals surface area contributed by atoms with Gasteiger partial charge in [0.2, 0.25) is 0 Å². The molecule has 0 bridgehead atoms. The first kappa shape index (κ1) is 18.4. The SMILES string of the molecule is CCN(C(=O)C(C)OC(=O)c1ccc(C)cc1)C1CCS(=O)(=O)C1. The van der Waals surface area contributed by atoms with E-state index >= 15 is 0 Å². The van der Waals surface area contributed by atoms with Gasteiger partial charge in [-0.15, -0.1) is 0 Å². The van der Waals surface area contributed by atoms with E-state index in [0.717, 1.165) is 5.56 Å². The number of aryl methyl sites for hydroxylation is 1. The van der Waals surface area contributed by atoms with Gasteiger partial charge in [0.1, 0.15) is 0 Å². The molecular weight excluding hydrogens is 330 g/mol. The standard InChI is InChI=1S/C17H23NO5S/c1-4-18(15-9-10-24(21,22)11-15)16(19)13(3)23-17(20)14-7-5-12(2)6-8-14/h5-8,13,15H,4,9-11H2,1-3H3. The van der Waals surface area contributed by atoms with Crippen LogP contribution >= 0.6 is 0 Å². The first-order valence-corrected chi connectivity index (χ1v) is 9.84. The van der Waals surface area contributed by atoms with E-state index < -0.39 is 21.9 Å². The summed E-state index contributed by atoms with van der Waals surface area (Å²) < 4.78 is 28.5. The van der Waals surface area contributed by atoms with Crippen LogP contribution in [0.2, 0.25) is 0 Å². The zero-order chi connectivity index (χ0) is 17.9. The van der Waals surface area contributed by atoms with E-state index in [9.17, 15) is 18.0 Å². The molecule has 1 aromatic carbocycles. The van der Waals surface area contributed by atoms with Crippen molar-refractivity contribution in [2.24, 2.45) is 0 Å². The largest absolute Gasteiger partial charge is 0.449 e. The van der Waals surface area contributed by atoms with E-state index in [1.165, 1.54) is 11.8 Å². The van der Waals surface area contributed by atoms with Gasteiger partial charge in [-0.3, -0.25) is 4.79 Å². The van der Waals surface area contributed by atoms with Gasteiger partial charge in [0.15, 0.2) is 15.9 Å². The number of benzene rings is 1. The van der Waals surface area contributed by atoms with Crippen LogP contribution in [0.4, 0.5) is 0 Å². The first-order chi connectivity index (χ1) is 11.2. The van der Waals surface area contributed by atoms with Crippen molar-refractivity contribution in [3.05, 3.63) is 35.4 Å². The lowest BCUT2D eigenvalue weighted by molar-refractivity contribution is -0.141. The highest BCUT2D eigenvalue weighted by Gasteiger charge is 2.36. The van der Waals surface area contributed by atoms with Crippen LogP contribution in [0.5, 0.6) is 0 Å². The lowest BCUT2D eigenvalue weighted by atomic mass is 10.1. The van der Waals surface area contributed by atoms with E-state index in [1.54, 1.807) is 31.2 Å². The van der Waals surface area contributed by atoms with E-state index in [2.05, 4.69) is 0 Å². The van der Waals surface area contributed by atoms with Crippen molar-refractivity contribution in [2.75, 3.05) is 18.1 Å². The highest BCUT2D eigenvalue weighted by Crippen LogP contribution is 2.19. The van der Waals surface area contributed by atoms with Gasteiger partial charge in [-0.2, -0.15) is 0 Å². The summed E-state index contributed by atoms with van der Waals surface area (Å²) in [5.41, 5.74) is 1.40. The molecule has 1 aliphatic heterocycles. The summed E-state index contributed by atoms with van der Waals surface area (Å²) in [5, 5.41) is 0. The Kier molecular flexibility index (Phi) is 5.64. The van der Waals surface area contributed by atoms with Crippen molar-refractivity contribution in [3.8, 4) is 0 Å². The van der Waals surface area contributed by atoms with E-state index in [1.807, 2.05) is 6.92 Å². The molecule has 1 aromatic rings. The van der Waals surface area contributed by atoms with Crippen LogP contribution in [-0.4, -0.2) is 55.4 Å². The van der Waals surface area contributed by atoms with Crippen LogP contribution in [-0.2, 0) is 19.4 Å². The van der Waals surface area contributed by atoms with Crippen LogP contribution in [0.1, 0.15) is 36.2 Å². The molecule has 2 atom stereocenters. The number of sulfone groups is 1. The Hall–Kier alpha value is -1.89. The molecule has 0 saturated carbocycles. The van der Waals surface area contributed by atoms with Crippen LogP contribution < -0.4 is 0 Å². The average molecular weight is 353 g/mol. The van der Waals surface area contributed by atoms with Gasteiger partial charge in [-0.05, 0) is 39.3 Å². The Balaban J connectivity index is 2.02. The zero-order valence-corrected chi connectivity index (χ0v) is 15.0. The van der Waals surface area contributed by atoms with Crippen LogP contribution in [0.25, 0.3) is 0 Å². The lowest BCUT2D eigenvalue weighted by Gasteiger charge is -2.29. The second kappa shape index (κ2) is 7.34. The fourth-order valence-corrected chi connectivity index (χ4v) is 4.55. The summed E-state index contributed by atoms with van der Waals surface area (Å²) in [5.74, 6) is -0.851. The third-order valence-corrected chi connectivity index (χ3v) is 5.94. The third-order valence-electron chi connectivity index (χ3n) is 4.19. The quantitative estimate of drug-likeness (QED) is 0.751. The predicted octanol–water partition coefficient (Wildman–Crippen LogP) is 1.58. The van der Waals surface area contributed by atoms with Gasteiger partial charge in [0.25, 0.3) is 5.91 Å². The molecule has 24 heavy (non-hydrogen) atoms. The van der Waals surface area contributed by atoms with Gasteiger partial charge in [-0.25, -0.2) is 13.2 Å². The summed E-state index contributed by atoms with van der Waals surface area (Å²) in [7, 11) is -3.08. The Bertz CT molecular complexity index is 711. The maximum Gasteiger partial charge on any atom is 0.338 e. The maximum absolute atomic E-state index is 12.5. The smallest absolute Gasteiger partial charge is 0.338 e. The molecule has 0 radical (unpaired) electrons. The topological polar surface area (TPSA) is 80.8 Å². The van der Waals surface area contributed by atoms with Crippen molar-refractivity contribution in [1.82, 2.24) is 4.90 Å². The van der Waals surface area contributed by atoms with Gasteiger partial charge in [0.05, 0.1) is 17.1 Å². The molecule has 2 unspecified atom stereocenters. The van der Waals surface area contributed by atoms with Gasteiger partial charge in [0, 0.05) is 12.6 Å². The molecular formula is C17H23NO5S. The molecule has 2 rings (SSSR count). The van der Waals surface area contributed by atoms with Gasteiger partial charge >= 0.3 is 5.97 Å². The lowest BCUT2D eigenvalue weighted by Crippen LogP contribution is -2.46. The molecule has 132 valence electrons. The second-order valence-electron chi connectivity index (χ2n) is 6.09. The minimum atomic E-state index is -3.08. The summed E-state index contributed by atoms with van der Waals surface area (Å²) in [6.45, 7) is 5.60. The number of ether oxygens (including phenoxy) is 1. The zero-order valence-electron chi connectivity index (χ0n) is 14.2. The Morgan fingerprint density at radius 2 is 1.92 bits per heavy atom. The van der Waals surface area contributed by atoms with Crippen LogP contribution in [0, 0.1) is 6.92 Å². The van der Waals surface area contributed by atoms with Crippen molar-refractivity contribution < 1.29 is 22.7 Å². The molecule has 0 spiro atoms. The molecule has 0 aromatic heterocycles. The Morgan fingerprint density at radius 1 is 1.29 bits per heavy atom. The third kappa shape index (κ3) is 4.35. The number of hydrogen-bond acceptors (Lipinski definition) is 5. The van der Waals surface area contributed by atoms with Gasteiger partial charge in [-0.1, -0.05) is 17.7 Å². The number of amides is 1. The van der Waals surface area contributed by atoms with Crippen molar-refractivity contribution >= 4 is 21.7 Å². The summed E-state index contributed by atoms with van der Waals surface area (Å²) >= 11 is 0. The monoisotopic (exact) mass is 353 g/mol. The molecule has 7 heteroatoms. The fourth-order valence-electron chi connectivity index (χ4n) is 2.82. The van der Waals surface area contributed by atoms with Crippen LogP contribution in [0.15, 0.2) is 24.3 Å². The number of nitrogens with zero attached hydrogens (tertiary/aromatic N) is 1. The Labute approximate surface area is 142 Å². The van der Waals surface area contributed by atoms with Crippen molar-refractivity contribution in [2.45, 2.75) is 39.3 Å². The predicted molar refractivity (Wildman–Crippen MR) is 90.5 cm³/mol. The van der Waals surface area contributed by atoms with Crippen LogP contribution in [0.3, 0.4) is 0 Å². The number of carbonyl (C=O) groups is 2. The normalized spacial score (nSPS) is 20.4. The number of likely N-dealkylation sites (N-methyl/N-ethyl adjacent to an activating group) is 1. The maximum atomic E-state index is 12.5. The average Bonchev–Trinajstić information content (AvgIpc) is 2.88. The summed E-state index contributed by atoms with van der Waals surface area (Å²) in [6.07, 6.45) is -0.525. The number of esters is 1. The molecule has 1 fully saturated rings. The highest BCUT2D eigenvalue weighted by molar-refractivity contribution is 7.91. The van der Waals surface area contributed by atoms with Crippen molar-refractivity contribution in [3.63, 3.8) is 0 Å². The molecule has 0 aliphatic carbocycles. The summed E-state index contributed by atoms with van der Waals surface area (Å²) in [6, 6.07) is 6.55. The summed E-state index contributed by atoms with van der Waals surface area (Å²) in [4.78, 5) is 26.2. The van der Waals surface area contributed by atoms with Gasteiger partial charge < -0.3 is 9.64 Å². The fraction of sp³-hybridized carbons (Fsp3) is 0.529. The molecule has 1 heterocycles. The highest BCUT2D eigenvalue weighted by atomic mass is 32.2.